The second kappa shape index (κ2) is 7.76. The molecule has 0 bridgehead atoms. The fourth-order valence-electron chi connectivity index (χ4n) is 2.15. The molecule has 0 amide bonds. The van der Waals surface area contributed by atoms with Crippen LogP contribution in [-0.2, 0) is 4.74 Å². The Morgan fingerprint density at radius 3 is 2.46 bits per heavy atom. The second-order valence-electron chi connectivity index (χ2n) is 5.35. The first-order valence-corrected chi connectivity index (χ1v) is 8.37. The molecule has 26 heavy (non-hydrogen) atoms. The zero-order valence-electron chi connectivity index (χ0n) is 13.9. The standard InChI is InChI=1S/C18H14Cl2N2O4/c1-10(25-18(23)12-5-8-14(19)15(20)9-12)16-21-22-17(26-16)11-3-6-13(24-2)7-4-11/h3-10H,1-2H3. The van der Waals surface area contributed by atoms with Gasteiger partial charge in [-0.3, -0.25) is 0 Å². The molecule has 1 unspecified atom stereocenters. The molecular formula is C18H14Cl2N2O4. The van der Waals surface area contributed by atoms with Gasteiger partial charge in [-0.15, -0.1) is 10.2 Å². The van der Waals surface area contributed by atoms with E-state index in [9.17, 15) is 4.79 Å². The van der Waals surface area contributed by atoms with E-state index in [1.165, 1.54) is 18.2 Å². The Hall–Kier alpha value is -2.57. The van der Waals surface area contributed by atoms with Crippen LogP contribution in [0.25, 0.3) is 11.5 Å². The van der Waals surface area contributed by atoms with Crippen molar-refractivity contribution in [3.05, 3.63) is 64.0 Å². The van der Waals surface area contributed by atoms with Crippen LogP contribution in [0.2, 0.25) is 10.0 Å². The summed E-state index contributed by atoms with van der Waals surface area (Å²) in [6, 6.07) is 11.7. The van der Waals surface area contributed by atoms with E-state index in [0.717, 1.165) is 11.3 Å². The van der Waals surface area contributed by atoms with Crippen LogP contribution in [0.4, 0.5) is 0 Å². The molecule has 1 atom stereocenters. The molecular weight excluding hydrogens is 379 g/mol. The Morgan fingerprint density at radius 1 is 1.08 bits per heavy atom. The van der Waals surface area contributed by atoms with Crippen molar-refractivity contribution in [1.82, 2.24) is 10.2 Å². The fraction of sp³-hybridized carbons (Fsp3) is 0.167. The normalized spacial score (nSPS) is 11.8. The van der Waals surface area contributed by atoms with Gasteiger partial charge >= 0.3 is 5.97 Å². The summed E-state index contributed by atoms with van der Waals surface area (Å²) >= 11 is 11.8. The van der Waals surface area contributed by atoms with Gasteiger partial charge < -0.3 is 13.9 Å². The van der Waals surface area contributed by atoms with Crippen LogP contribution in [0.1, 0.15) is 29.3 Å². The molecule has 0 aliphatic heterocycles. The van der Waals surface area contributed by atoms with Crippen LogP contribution in [-0.4, -0.2) is 23.3 Å². The summed E-state index contributed by atoms with van der Waals surface area (Å²) in [6.07, 6.45) is -0.726. The Bertz CT molecular complexity index is 925. The predicted octanol–water partition coefficient (Wildman–Crippen LogP) is 4.97. The Kier molecular flexibility index (Phi) is 5.44. The van der Waals surface area contributed by atoms with Gasteiger partial charge in [-0.25, -0.2) is 4.79 Å². The molecule has 0 saturated heterocycles. The first-order valence-electron chi connectivity index (χ1n) is 7.62. The highest BCUT2D eigenvalue weighted by molar-refractivity contribution is 6.42. The van der Waals surface area contributed by atoms with E-state index in [2.05, 4.69) is 10.2 Å². The van der Waals surface area contributed by atoms with Crippen LogP contribution in [0, 0.1) is 0 Å². The number of esters is 1. The summed E-state index contributed by atoms with van der Waals surface area (Å²) in [6.45, 7) is 1.64. The molecule has 134 valence electrons. The monoisotopic (exact) mass is 392 g/mol. The van der Waals surface area contributed by atoms with Gasteiger partial charge in [0.25, 0.3) is 5.89 Å². The van der Waals surface area contributed by atoms with E-state index in [0.29, 0.717) is 10.9 Å². The average Bonchev–Trinajstić information content (AvgIpc) is 3.14. The van der Waals surface area contributed by atoms with E-state index in [1.54, 1.807) is 38.3 Å². The third kappa shape index (κ3) is 3.98. The average molecular weight is 393 g/mol. The molecule has 0 N–H and O–H groups in total. The molecule has 6 nitrogen and oxygen atoms in total. The molecule has 0 saturated carbocycles. The summed E-state index contributed by atoms with van der Waals surface area (Å²) in [5, 5.41) is 8.55. The highest BCUT2D eigenvalue weighted by Gasteiger charge is 2.20. The number of ether oxygens (including phenoxy) is 2. The SMILES string of the molecule is COc1ccc(-c2nnc(C(C)OC(=O)c3ccc(Cl)c(Cl)c3)o2)cc1. The molecule has 1 aromatic heterocycles. The Labute approximate surface area is 159 Å². The van der Waals surface area contributed by atoms with Crippen molar-refractivity contribution in [2.24, 2.45) is 0 Å². The topological polar surface area (TPSA) is 74.5 Å². The molecule has 3 aromatic rings. The minimum Gasteiger partial charge on any atom is -0.497 e. The minimum absolute atomic E-state index is 0.184. The number of hydrogen-bond donors (Lipinski definition) is 0. The smallest absolute Gasteiger partial charge is 0.338 e. The van der Waals surface area contributed by atoms with E-state index in [1.807, 2.05) is 0 Å². The third-order valence-electron chi connectivity index (χ3n) is 3.56. The predicted molar refractivity (Wildman–Crippen MR) is 96.6 cm³/mol. The molecule has 0 radical (unpaired) electrons. The van der Waals surface area contributed by atoms with Gasteiger partial charge in [0.05, 0.1) is 22.7 Å². The fourth-order valence-corrected chi connectivity index (χ4v) is 2.45. The van der Waals surface area contributed by atoms with Crippen molar-refractivity contribution >= 4 is 29.2 Å². The number of methoxy groups -OCH3 is 1. The highest BCUT2D eigenvalue weighted by Crippen LogP contribution is 2.26. The van der Waals surface area contributed by atoms with Crippen LogP contribution in [0.15, 0.2) is 46.9 Å². The van der Waals surface area contributed by atoms with Gasteiger partial charge in [-0.2, -0.15) is 0 Å². The molecule has 0 aliphatic carbocycles. The summed E-state index contributed by atoms with van der Waals surface area (Å²) in [4.78, 5) is 12.2. The molecule has 2 aromatic carbocycles. The number of benzene rings is 2. The van der Waals surface area contributed by atoms with Crippen LogP contribution >= 0.6 is 23.2 Å². The Morgan fingerprint density at radius 2 is 1.81 bits per heavy atom. The molecule has 3 rings (SSSR count). The first-order chi connectivity index (χ1) is 12.5. The van der Waals surface area contributed by atoms with Crippen molar-refractivity contribution in [2.75, 3.05) is 7.11 Å². The van der Waals surface area contributed by atoms with Crippen molar-refractivity contribution in [1.29, 1.82) is 0 Å². The van der Waals surface area contributed by atoms with Gasteiger partial charge in [-0.05, 0) is 49.4 Å². The van der Waals surface area contributed by atoms with Crippen LogP contribution in [0.5, 0.6) is 5.75 Å². The zero-order chi connectivity index (χ0) is 18.7. The molecule has 1 heterocycles. The summed E-state index contributed by atoms with van der Waals surface area (Å²) in [5.74, 6) is 0.655. The molecule has 0 aliphatic rings. The number of hydrogen-bond acceptors (Lipinski definition) is 6. The largest absolute Gasteiger partial charge is 0.497 e. The maximum atomic E-state index is 12.2. The first kappa shape index (κ1) is 18.2. The quantitative estimate of drug-likeness (QED) is 0.570. The summed E-state index contributed by atoms with van der Waals surface area (Å²) < 4.78 is 16.1. The van der Waals surface area contributed by atoms with Gasteiger partial charge in [0.15, 0.2) is 6.10 Å². The number of rotatable bonds is 5. The van der Waals surface area contributed by atoms with E-state index < -0.39 is 12.1 Å². The van der Waals surface area contributed by atoms with Crippen molar-refractivity contribution in [3.8, 4) is 17.2 Å². The number of halogens is 2. The number of nitrogens with zero attached hydrogens (tertiary/aromatic N) is 2. The van der Waals surface area contributed by atoms with Gasteiger partial charge in [0.2, 0.25) is 5.89 Å². The van der Waals surface area contributed by atoms with Gasteiger partial charge in [0, 0.05) is 5.56 Å². The van der Waals surface area contributed by atoms with Gasteiger partial charge in [0.1, 0.15) is 5.75 Å². The van der Waals surface area contributed by atoms with Crippen molar-refractivity contribution < 1.29 is 18.7 Å². The van der Waals surface area contributed by atoms with Crippen molar-refractivity contribution in [3.63, 3.8) is 0 Å². The number of carbonyl (C=O) groups excluding carboxylic acids is 1. The Balaban J connectivity index is 1.71. The molecule has 0 fully saturated rings. The van der Waals surface area contributed by atoms with E-state index in [4.69, 9.17) is 37.1 Å². The zero-order valence-corrected chi connectivity index (χ0v) is 15.4. The lowest BCUT2D eigenvalue weighted by atomic mass is 10.2. The lowest BCUT2D eigenvalue weighted by molar-refractivity contribution is 0.0280. The summed E-state index contributed by atoms with van der Waals surface area (Å²) in [5.41, 5.74) is 1.01. The number of carbonyl (C=O) groups is 1. The minimum atomic E-state index is -0.726. The van der Waals surface area contributed by atoms with Gasteiger partial charge in [-0.1, -0.05) is 23.2 Å². The summed E-state index contributed by atoms with van der Waals surface area (Å²) in [7, 11) is 1.59. The van der Waals surface area contributed by atoms with E-state index >= 15 is 0 Å². The maximum absolute atomic E-state index is 12.2. The van der Waals surface area contributed by atoms with Crippen LogP contribution in [0.3, 0.4) is 0 Å². The third-order valence-corrected chi connectivity index (χ3v) is 4.30. The lowest BCUT2D eigenvalue weighted by Crippen LogP contribution is -2.09. The highest BCUT2D eigenvalue weighted by atomic mass is 35.5. The van der Waals surface area contributed by atoms with E-state index in [-0.39, 0.29) is 16.5 Å². The number of aromatic nitrogens is 2. The molecule has 8 heteroatoms. The maximum Gasteiger partial charge on any atom is 0.338 e. The second-order valence-corrected chi connectivity index (χ2v) is 6.16. The van der Waals surface area contributed by atoms with Crippen molar-refractivity contribution in [2.45, 2.75) is 13.0 Å². The molecule has 0 spiro atoms. The van der Waals surface area contributed by atoms with Crippen LogP contribution < -0.4 is 4.74 Å². The lowest BCUT2D eigenvalue weighted by Gasteiger charge is -2.09.